The van der Waals surface area contributed by atoms with Crippen molar-refractivity contribution in [2.45, 2.75) is 25.0 Å². The standard InChI is InChI=1S/C17H18ClN3OS/c18-12-3-4-14-15(10-12)19-17(20-16(14)22)5-7-21(8-6-17)11-13-2-1-9-23-13/h1-4,9-10,19H,5-8,11H2,(H,20,22). The number of hydrogen-bond acceptors (Lipinski definition) is 4. The fourth-order valence-electron chi connectivity index (χ4n) is 3.36. The molecule has 23 heavy (non-hydrogen) atoms. The second-order valence-corrected chi connectivity index (χ2v) is 7.68. The monoisotopic (exact) mass is 347 g/mol. The zero-order valence-electron chi connectivity index (χ0n) is 12.6. The van der Waals surface area contributed by atoms with Gasteiger partial charge in [0.25, 0.3) is 5.91 Å². The summed E-state index contributed by atoms with van der Waals surface area (Å²) in [5, 5.41) is 9.46. The lowest BCUT2D eigenvalue weighted by Gasteiger charge is -2.45. The highest BCUT2D eigenvalue weighted by atomic mass is 35.5. The van der Waals surface area contributed by atoms with Gasteiger partial charge in [0.1, 0.15) is 5.66 Å². The maximum Gasteiger partial charge on any atom is 0.255 e. The average Bonchev–Trinajstić information content (AvgIpc) is 3.02. The Balaban J connectivity index is 1.48. The van der Waals surface area contributed by atoms with Crippen LogP contribution in [0.4, 0.5) is 5.69 Å². The van der Waals surface area contributed by atoms with Crippen LogP contribution in [-0.2, 0) is 6.54 Å². The Morgan fingerprint density at radius 3 is 2.78 bits per heavy atom. The molecular weight excluding hydrogens is 330 g/mol. The topological polar surface area (TPSA) is 44.4 Å². The van der Waals surface area contributed by atoms with Crippen molar-refractivity contribution in [2.75, 3.05) is 18.4 Å². The van der Waals surface area contributed by atoms with Gasteiger partial charge in [-0.3, -0.25) is 9.69 Å². The molecule has 2 aliphatic heterocycles. The summed E-state index contributed by atoms with van der Waals surface area (Å²) in [6.07, 6.45) is 1.77. The van der Waals surface area contributed by atoms with Crippen molar-refractivity contribution >= 4 is 34.5 Å². The van der Waals surface area contributed by atoms with Crippen molar-refractivity contribution < 1.29 is 4.79 Å². The number of piperidine rings is 1. The Hall–Kier alpha value is -1.56. The minimum atomic E-state index is -0.347. The van der Waals surface area contributed by atoms with E-state index in [-0.39, 0.29) is 11.6 Å². The molecule has 1 spiro atoms. The number of halogens is 1. The van der Waals surface area contributed by atoms with Gasteiger partial charge < -0.3 is 10.6 Å². The van der Waals surface area contributed by atoms with Gasteiger partial charge in [-0.15, -0.1) is 11.3 Å². The van der Waals surface area contributed by atoms with Crippen molar-refractivity contribution in [2.24, 2.45) is 0 Å². The first-order valence-corrected chi connectivity index (χ1v) is 9.04. The summed E-state index contributed by atoms with van der Waals surface area (Å²) < 4.78 is 0. The first-order valence-electron chi connectivity index (χ1n) is 7.79. The van der Waals surface area contributed by atoms with Crippen molar-refractivity contribution in [3.05, 3.63) is 51.2 Å². The molecule has 0 unspecified atom stereocenters. The largest absolute Gasteiger partial charge is 0.362 e. The van der Waals surface area contributed by atoms with Crippen LogP contribution in [0.25, 0.3) is 0 Å². The summed E-state index contributed by atoms with van der Waals surface area (Å²) in [7, 11) is 0. The van der Waals surface area contributed by atoms with E-state index in [0.29, 0.717) is 10.6 Å². The molecule has 0 atom stereocenters. The van der Waals surface area contributed by atoms with E-state index < -0.39 is 0 Å². The zero-order chi connectivity index (χ0) is 15.9. The van der Waals surface area contributed by atoms with Crippen LogP contribution in [0.5, 0.6) is 0 Å². The van der Waals surface area contributed by atoms with Crippen molar-refractivity contribution in [1.29, 1.82) is 0 Å². The number of likely N-dealkylation sites (tertiary alicyclic amines) is 1. The lowest BCUT2D eigenvalue weighted by atomic mass is 9.92. The Labute approximate surface area is 144 Å². The second-order valence-electron chi connectivity index (χ2n) is 6.21. The number of benzene rings is 1. The van der Waals surface area contributed by atoms with Gasteiger partial charge in [0, 0.05) is 42.4 Å². The third kappa shape index (κ3) is 2.96. The van der Waals surface area contributed by atoms with Crippen LogP contribution in [0, 0.1) is 0 Å². The SMILES string of the molecule is O=C1NC2(CCN(Cc3cccs3)CC2)Nc2cc(Cl)ccc21. The number of anilines is 1. The van der Waals surface area contributed by atoms with Gasteiger partial charge >= 0.3 is 0 Å². The molecule has 4 nitrogen and oxygen atoms in total. The van der Waals surface area contributed by atoms with E-state index in [1.807, 2.05) is 6.07 Å². The van der Waals surface area contributed by atoms with Crippen LogP contribution in [0.2, 0.25) is 5.02 Å². The Morgan fingerprint density at radius 2 is 2.04 bits per heavy atom. The molecule has 2 aromatic rings. The van der Waals surface area contributed by atoms with Gasteiger partial charge in [0.05, 0.1) is 11.3 Å². The molecule has 1 fully saturated rings. The Morgan fingerprint density at radius 1 is 1.22 bits per heavy atom. The number of thiophene rings is 1. The molecule has 1 amide bonds. The van der Waals surface area contributed by atoms with Crippen LogP contribution < -0.4 is 10.6 Å². The number of carbonyl (C=O) groups is 1. The van der Waals surface area contributed by atoms with Gasteiger partial charge in [-0.2, -0.15) is 0 Å². The predicted octanol–water partition coefficient (Wildman–Crippen LogP) is 3.55. The molecule has 0 saturated carbocycles. The Bertz CT molecular complexity index is 723. The maximum absolute atomic E-state index is 12.4. The molecule has 2 aliphatic rings. The van der Waals surface area contributed by atoms with Crippen molar-refractivity contribution in [1.82, 2.24) is 10.2 Å². The van der Waals surface area contributed by atoms with Crippen LogP contribution in [0.3, 0.4) is 0 Å². The molecule has 6 heteroatoms. The summed E-state index contributed by atoms with van der Waals surface area (Å²) in [5.41, 5.74) is 1.16. The van der Waals surface area contributed by atoms with E-state index in [1.165, 1.54) is 4.88 Å². The lowest BCUT2D eigenvalue weighted by molar-refractivity contribution is 0.0823. The van der Waals surface area contributed by atoms with E-state index in [2.05, 4.69) is 33.0 Å². The van der Waals surface area contributed by atoms with Crippen LogP contribution in [0.15, 0.2) is 35.7 Å². The quantitative estimate of drug-likeness (QED) is 0.873. The third-order valence-corrected chi connectivity index (χ3v) is 5.72. The highest BCUT2D eigenvalue weighted by Gasteiger charge is 2.40. The number of carbonyl (C=O) groups excluding carboxylic acids is 1. The fourth-order valence-corrected chi connectivity index (χ4v) is 4.28. The molecule has 0 bridgehead atoms. The number of hydrogen-bond donors (Lipinski definition) is 2. The normalized spacial score (nSPS) is 20.0. The van der Waals surface area contributed by atoms with E-state index in [1.54, 1.807) is 23.5 Å². The number of nitrogens with one attached hydrogen (secondary N) is 2. The van der Waals surface area contributed by atoms with Crippen LogP contribution in [-0.4, -0.2) is 29.6 Å². The van der Waals surface area contributed by atoms with E-state index in [9.17, 15) is 4.79 Å². The number of rotatable bonds is 2. The van der Waals surface area contributed by atoms with Gasteiger partial charge in [0.2, 0.25) is 0 Å². The number of nitrogens with zero attached hydrogens (tertiary/aromatic N) is 1. The molecule has 120 valence electrons. The van der Waals surface area contributed by atoms with Gasteiger partial charge in [-0.1, -0.05) is 17.7 Å². The molecule has 1 aromatic carbocycles. The summed E-state index contributed by atoms with van der Waals surface area (Å²) in [6, 6.07) is 9.64. The van der Waals surface area contributed by atoms with Crippen molar-refractivity contribution in [3.63, 3.8) is 0 Å². The molecule has 1 saturated heterocycles. The minimum absolute atomic E-state index is 0.0119. The van der Waals surface area contributed by atoms with Gasteiger partial charge in [-0.25, -0.2) is 0 Å². The van der Waals surface area contributed by atoms with Crippen molar-refractivity contribution in [3.8, 4) is 0 Å². The lowest BCUT2D eigenvalue weighted by Crippen LogP contribution is -2.62. The highest BCUT2D eigenvalue weighted by molar-refractivity contribution is 7.09. The smallest absolute Gasteiger partial charge is 0.255 e. The highest BCUT2D eigenvalue weighted by Crippen LogP contribution is 2.33. The molecule has 3 heterocycles. The second kappa shape index (κ2) is 5.82. The maximum atomic E-state index is 12.4. The van der Waals surface area contributed by atoms with Crippen LogP contribution in [0.1, 0.15) is 28.1 Å². The van der Waals surface area contributed by atoms with Gasteiger partial charge in [0.15, 0.2) is 0 Å². The molecule has 0 aliphatic carbocycles. The summed E-state index contributed by atoms with van der Waals surface area (Å²) >= 11 is 7.87. The van der Waals surface area contributed by atoms with Crippen LogP contribution >= 0.6 is 22.9 Å². The molecule has 4 rings (SSSR count). The summed E-state index contributed by atoms with van der Waals surface area (Å²) in [4.78, 5) is 16.2. The molecular formula is C17H18ClN3OS. The minimum Gasteiger partial charge on any atom is -0.362 e. The predicted molar refractivity (Wildman–Crippen MR) is 94.1 cm³/mol. The van der Waals surface area contributed by atoms with Gasteiger partial charge in [-0.05, 0) is 29.6 Å². The first-order chi connectivity index (χ1) is 11.1. The molecule has 2 N–H and O–H groups in total. The number of amides is 1. The van der Waals surface area contributed by atoms with E-state index in [4.69, 9.17) is 11.6 Å². The number of fused-ring (bicyclic) bond motifs is 1. The van der Waals surface area contributed by atoms with E-state index in [0.717, 1.165) is 38.2 Å². The Kier molecular flexibility index (Phi) is 3.79. The average molecular weight is 348 g/mol. The summed E-state index contributed by atoms with van der Waals surface area (Å²) in [6.45, 7) is 2.91. The molecule has 0 radical (unpaired) electrons. The third-order valence-electron chi connectivity index (χ3n) is 4.62. The van der Waals surface area contributed by atoms with E-state index >= 15 is 0 Å². The first kappa shape index (κ1) is 15.0. The fraction of sp³-hybridized carbons (Fsp3) is 0.353. The summed E-state index contributed by atoms with van der Waals surface area (Å²) in [5.74, 6) is -0.0119. The molecule has 1 aromatic heterocycles. The zero-order valence-corrected chi connectivity index (χ0v) is 14.2.